The third-order valence-electron chi connectivity index (χ3n) is 8.44. The summed E-state index contributed by atoms with van der Waals surface area (Å²) in [6.45, 7) is 11.7. The number of benzene rings is 2. The molecule has 1 saturated heterocycles. The Hall–Kier alpha value is -2.51. The summed E-state index contributed by atoms with van der Waals surface area (Å²) in [5.41, 5.74) is 2.54. The van der Waals surface area contributed by atoms with Crippen LogP contribution in [0.1, 0.15) is 76.2 Å². The van der Waals surface area contributed by atoms with Crippen LogP contribution >= 0.6 is 0 Å². The highest BCUT2D eigenvalue weighted by atomic mass is 16.5. The first-order valence-electron chi connectivity index (χ1n) is 15.2. The van der Waals surface area contributed by atoms with Crippen LogP contribution in [-0.2, 0) is 20.8 Å². The summed E-state index contributed by atoms with van der Waals surface area (Å²) in [5.74, 6) is -0.0514. The molecule has 1 aliphatic heterocycles. The molecule has 0 aliphatic carbocycles. The van der Waals surface area contributed by atoms with Crippen LogP contribution in [0.4, 0.5) is 0 Å². The van der Waals surface area contributed by atoms with Crippen molar-refractivity contribution < 1.29 is 29.2 Å². The van der Waals surface area contributed by atoms with Gasteiger partial charge in [0, 0.05) is 24.4 Å². The van der Waals surface area contributed by atoms with Crippen LogP contribution in [0.3, 0.4) is 0 Å². The molecule has 0 radical (unpaired) electrons. The van der Waals surface area contributed by atoms with Crippen molar-refractivity contribution in [3.63, 3.8) is 0 Å². The number of esters is 1. The SMILES string of the molecule is C/C(=C\[C@H](C)[C@H]1O[C@H]([C@H](C)COC(=O)c2ccccc2)CC[C@@H]1C)[C@@H](O)[C@@H](C)[C@H](O)CCCOCc1ccccc1. The number of ether oxygens (including phenoxy) is 3. The Labute approximate surface area is 246 Å². The van der Waals surface area contributed by atoms with Crippen molar-refractivity contribution in [1.82, 2.24) is 0 Å². The van der Waals surface area contributed by atoms with Gasteiger partial charge in [0.05, 0.1) is 43.2 Å². The number of hydrogen-bond acceptors (Lipinski definition) is 6. The summed E-state index contributed by atoms with van der Waals surface area (Å²) < 4.78 is 17.9. The van der Waals surface area contributed by atoms with E-state index in [2.05, 4.69) is 26.8 Å². The predicted molar refractivity (Wildman–Crippen MR) is 162 cm³/mol. The Morgan fingerprint density at radius 1 is 1.02 bits per heavy atom. The van der Waals surface area contributed by atoms with Crippen LogP contribution in [-0.4, -0.2) is 53.8 Å². The predicted octanol–water partition coefficient (Wildman–Crippen LogP) is 6.60. The van der Waals surface area contributed by atoms with E-state index < -0.39 is 12.2 Å². The molecule has 1 heterocycles. The molecule has 226 valence electrons. The standard InChI is InChI=1S/C35H50O6/c1-24-18-19-32(27(4)22-40-35(38)30-15-10-7-11-16-30)41-34(24)26(3)21-25(2)33(37)28(5)31(36)17-12-20-39-23-29-13-8-6-9-14-29/h6-11,13-16,21,24,26-28,31-34,36-37H,12,17-20,22-23H2,1-5H3/b25-21+/t24-,26-,27+,28-,31+,32-,33+,34-/m0/s1. The van der Waals surface area contributed by atoms with Crippen molar-refractivity contribution in [3.8, 4) is 0 Å². The van der Waals surface area contributed by atoms with E-state index in [1.165, 1.54) is 0 Å². The van der Waals surface area contributed by atoms with E-state index >= 15 is 0 Å². The van der Waals surface area contributed by atoms with Crippen LogP contribution in [0.2, 0.25) is 0 Å². The van der Waals surface area contributed by atoms with Gasteiger partial charge in [-0.25, -0.2) is 4.79 Å². The molecular formula is C35H50O6. The summed E-state index contributed by atoms with van der Waals surface area (Å²) in [6.07, 6.45) is 4.04. The van der Waals surface area contributed by atoms with E-state index in [0.29, 0.717) is 37.7 Å². The van der Waals surface area contributed by atoms with Crippen molar-refractivity contribution in [3.05, 3.63) is 83.4 Å². The number of aliphatic hydroxyl groups excluding tert-OH is 2. The first-order chi connectivity index (χ1) is 19.7. The second-order valence-electron chi connectivity index (χ2n) is 12.0. The smallest absolute Gasteiger partial charge is 0.338 e. The Kier molecular flexibility index (Phi) is 13.5. The third kappa shape index (κ3) is 10.4. The molecule has 0 saturated carbocycles. The maximum Gasteiger partial charge on any atom is 0.338 e. The average molecular weight is 567 g/mol. The molecule has 1 aliphatic rings. The Bertz CT molecular complexity index is 1050. The lowest BCUT2D eigenvalue weighted by Crippen LogP contribution is -2.41. The summed E-state index contributed by atoms with van der Waals surface area (Å²) >= 11 is 0. The fourth-order valence-corrected chi connectivity index (χ4v) is 5.68. The van der Waals surface area contributed by atoms with Gasteiger partial charge in [0.25, 0.3) is 0 Å². The van der Waals surface area contributed by atoms with Crippen molar-refractivity contribution in [2.75, 3.05) is 13.2 Å². The minimum Gasteiger partial charge on any atom is -0.462 e. The van der Waals surface area contributed by atoms with Crippen molar-refractivity contribution in [2.45, 2.75) is 91.3 Å². The van der Waals surface area contributed by atoms with Gasteiger partial charge < -0.3 is 24.4 Å². The zero-order valence-corrected chi connectivity index (χ0v) is 25.4. The van der Waals surface area contributed by atoms with E-state index in [4.69, 9.17) is 14.2 Å². The van der Waals surface area contributed by atoms with Gasteiger partial charge in [-0.3, -0.25) is 0 Å². The van der Waals surface area contributed by atoms with E-state index in [1.807, 2.05) is 62.4 Å². The molecular weight excluding hydrogens is 516 g/mol. The van der Waals surface area contributed by atoms with Crippen LogP contribution in [0, 0.1) is 23.7 Å². The molecule has 3 rings (SSSR count). The number of aliphatic hydroxyl groups is 2. The fraction of sp³-hybridized carbons (Fsp3) is 0.571. The second-order valence-corrected chi connectivity index (χ2v) is 12.0. The number of carbonyl (C=O) groups is 1. The summed E-state index contributed by atoms with van der Waals surface area (Å²) in [7, 11) is 0. The van der Waals surface area contributed by atoms with Gasteiger partial charge in [0.2, 0.25) is 0 Å². The van der Waals surface area contributed by atoms with Gasteiger partial charge >= 0.3 is 5.97 Å². The molecule has 2 aromatic rings. The van der Waals surface area contributed by atoms with E-state index in [1.54, 1.807) is 12.1 Å². The molecule has 0 bridgehead atoms. The lowest BCUT2D eigenvalue weighted by atomic mass is 9.82. The van der Waals surface area contributed by atoms with Crippen LogP contribution in [0.25, 0.3) is 0 Å². The molecule has 0 amide bonds. The minimum absolute atomic E-state index is 0.00479. The number of carbonyl (C=O) groups excluding carboxylic acids is 1. The molecule has 0 aromatic heterocycles. The van der Waals surface area contributed by atoms with Gasteiger partial charge in [0.15, 0.2) is 0 Å². The van der Waals surface area contributed by atoms with Gasteiger partial charge in [-0.15, -0.1) is 0 Å². The topological polar surface area (TPSA) is 85.2 Å². The average Bonchev–Trinajstić information content (AvgIpc) is 2.99. The quantitative estimate of drug-likeness (QED) is 0.144. The number of rotatable bonds is 15. The maximum absolute atomic E-state index is 12.4. The fourth-order valence-electron chi connectivity index (χ4n) is 5.68. The Morgan fingerprint density at radius 3 is 2.37 bits per heavy atom. The first-order valence-corrected chi connectivity index (χ1v) is 15.2. The number of hydrogen-bond donors (Lipinski definition) is 2. The third-order valence-corrected chi connectivity index (χ3v) is 8.44. The van der Waals surface area contributed by atoms with Crippen LogP contribution in [0.15, 0.2) is 72.3 Å². The lowest BCUT2D eigenvalue weighted by Gasteiger charge is -2.40. The largest absolute Gasteiger partial charge is 0.462 e. The molecule has 2 aromatic carbocycles. The van der Waals surface area contributed by atoms with E-state index in [0.717, 1.165) is 30.4 Å². The molecule has 6 heteroatoms. The zero-order valence-electron chi connectivity index (χ0n) is 25.4. The summed E-state index contributed by atoms with van der Waals surface area (Å²) in [5, 5.41) is 21.8. The molecule has 8 atom stereocenters. The molecule has 6 nitrogen and oxygen atoms in total. The Balaban J connectivity index is 1.45. The Morgan fingerprint density at radius 2 is 1.68 bits per heavy atom. The van der Waals surface area contributed by atoms with Gasteiger partial charge in [-0.2, -0.15) is 0 Å². The van der Waals surface area contributed by atoms with Gasteiger partial charge in [0.1, 0.15) is 0 Å². The lowest BCUT2D eigenvalue weighted by molar-refractivity contribution is -0.120. The van der Waals surface area contributed by atoms with Crippen molar-refractivity contribution in [2.24, 2.45) is 23.7 Å². The van der Waals surface area contributed by atoms with Crippen LogP contribution in [0.5, 0.6) is 0 Å². The monoisotopic (exact) mass is 566 g/mol. The van der Waals surface area contributed by atoms with Gasteiger partial charge in [-0.1, -0.05) is 82.3 Å². The maximum atomic E-state index is 12.4. The first kappa shape index (κ1) is 33.0. The van der Waals surface area contributed by atoms with E-state index in [9.17, 15) is 15.0 Å². The van der Waals surface area contributed by atoms with Crippen molar-refractivity contribution >= 4 is 5.97 Å². The highest BCUT2D eigenvalue weighted by Gasteiger charge is 2.35. The van der Waals surface area contributed by atoms with Crippen molar-refractivity contribution in [1.29, 1.82) is 0 Å². The highest BCUT2D eigenvalue weighted by Crippen LogP contribution is 2.34. The minimum atomic E-state index is -0.733. The molecule has 2 N–H and O–H groups in total. The van der Waals surface area contributed by atoms with E-state index in [-0.39, 0.29) is 35.9 Å². The zero-order chi connectivity index (χ0) is 29.8. The highest BCUT2D eigenvalue weighted by molar-refractivity contribution is 5.89. The molecule has 1 fully saturated rings. The second kappa shape index (κ2) is 16.8. The van der Waals surface area contributed by atoms with Crippen LogP contribution < -0.4 is 0 Å². The summed E-state index contributed by atoms with van der Waals surface area (Å²) in [6, 6.07) is 19.1. The summed E-state index contributed by atoms with van der Waals surface area (Å²) in [4.78, 5) is 12.4. The molecule has 0 spiro atoms. The molecule has 41 heavy (non-hydrogen) atoms. The van der Waals surface area contributed by atoms with Gasteiger partial charge in [-0.05, 0) is 61.8 Å². The normalized spacial score (nSPS) is 23.3. The molecule has 0 unspecified atom stereocenters.